The molecule has 1 fully saturated rings. The Hall–Kier alpha value is -0.860. The zero-order valence-corrected chi connectivity index (χ0v) is 15.0. The third-order valence-corrected chi connectivity index (χ3v) is 4.77. The molecule has 0 N–H and O–H groups in total. The van der Waals surface area contributed by atoms with E-state index in [2.05, 4.69) is 61.8 Å². The standard InChI is InChI=1S/C20H34N2/c1-17(2)6-5-11-21-12-14-22(15-13-21)16-19-7-9-20(10-8-19)18(3)4/h7-10,17-18H,5-6,11-16H2,1-4H3. The van der Waals surface area contributed by atoms with Crippen molar-refractivity contribution in [2.45, 2.75) is 53.0 Å². The lowest BCUT2D eigenvalue weighted by molar-refractivity contribution is 0.125. The van der Waals surface area contributed by atoms with Gasteiger partial charge in [0.15, 0.2) is 0 Å². The van der Waals surface area contributed by atoms with Crippen molar-refractivity contribution in [2.75, 3.05) is 32.7 Å². The molecule has 0 bridgehead atoms. The van der Waals surface area contributed by atoms with E-state index in [1.165, 1.54) is 56.7 Å². The van der Waals surface area contributed by atoms with Crippen molar-refractivity contribution in [3.8, 4) is 0 Å². The van der Waals surface area contributed by atoms with Crippen molar-refractivity contribution in [1.29, 1.82) is 0 Å². The van der Waals surface area contributed by atoms with E-state index in [4.69, 9.17) is 0 Å². The highest BCUT2D eigenvalue weighted by atomic mass is 15.3. The minimum atomic E-state index is 0.628. The molecule has 0 saturated carbocycles. The van der Waals surface area contributed by atoms with Crippen LogP contribution in [-0.4, -0.2) is 42.5 Å². The fourth-order valence-corrected chi connectivity index (χ4v) is 3.16. The van der Waals surface area contributed by atoms with Crippen LogP contribution >= 0.6 is 0 Å². The maximum absolute atomic E-state index is 2.64. The molecule has 1 aromatic rings. The zero-order valence-electron chi connectivity index (χ0n) is 15.0. The van der Waals surface area contributed by atoms with Gasteiger partial charge in [-0.3, -0.25) is 4.90 Å². The van der Waals surface area contributed by atoms with Crippen LogP contribution in [0.25, 0.3) is 0 Å². The van der Waals surface area contributed by atoms with Gasteiger partial charge in [-0.25, -0.2) is 0 Å². The first-order valence-electron chi connectivity index (χ1n) is 9.08. The molecule has 0 radical (unpaired) electrons. The summed E-state index contributed by atoms with van der Waals surface area (Å²) >= 11 is 0. The lowest BCUT2D eigenvalue weighted by Gasteiger charge is -2.34. The minimum absolute atomic E-state index is 0.628. The maximum Gasteiger partial charge on any atom is 0.0234 e. The van der Waals surface area contributed by atoms with Crippen molar-refractivity contribution < 1.29 is 0 Å². The molecule has 1 aromatic carbocycles. The van der Waals surface area contributed by atoms with E-state index in [9.17, 15) is 0 Å². The van der Waals surface area contributed by atoms with E-state index in [-0.39, 0.29) is 0 Å². The second-order valence-corrected chi connectivity index (χ2v) is 7.55. The van der Waals surface area contributed by atoms with Crippen molar-refractivity contribution in [2.24, 2.45) is 5.92 Å². The van der Waals surface area contributed by atoms with Crippen LogP contribution < -0.4 is 0 Å². The SMILES string of the molecule is CC(C)CCCN1CCN(Cc2ccc(C(C)C)cc2)CC1. The number of rotatable bonds is 7. The molecule has 1 aliphatic rings. The van der Waals surface area contributed by atoms with Crippen LogP contribution in [0, 0.1) is 5.92 Å². The molecule has 1 heterocycles. The van der Waals surface area contributed by atoms with Gasteiger partial charge in [0.1, 0.15) is 0 Å². The van der Waals surface area contributed by atoms with Crippen LogP contribution in [0.5, 0.6) is 0 Å². The number of piperazine rings is 1. The maximum atomic E-state index is 2.64. The number of benzene rings is 1. The van der Waals surface area contributed by atoms with E-state index in [1.54, 1.807) is 0 Å². The Morgan fingerprint density at radius 2 is 1.45 bits per heavy atom. The molecule has 0 unspecified atom stereocenters. The van der Waals surface area contributed by atoms with Gasteiger partial charge >= 0.3 is 0 Å². The predicted molar refractivity (Wildman–Crippen MR) is 96.3 cm³/mol. The highest BCUT2D eigenvalue weighted by Crippen LogP contribution is 2.16. The van der Waals surface area contributed by atoms with E-state index < -0.39 is 0 Å². The molecule has 0 atom stereocenters. The Morgan fingerprint density at radius 1 is 0.864 bits per heavy atom. The summed E-state index contributed by atoms with van der Waals surface area (Å²) in [5.74, 6) is 1.47. The van der Waals surface area contributed by atoms with Crippen LogP contribution in [0.4, 0.5) is 0 Å². The van der Waals surface area contributed by atoms with E-state index in [1.807, 2.05) is 0 Å². The van der Waals surface area contributed by atoms with Gasteiger partial charge in [0, 0.05) is 32.7 Å². The molecule has 0 aliphatic carbocycles. The highest BCUT2D eigenvalue weighted by molar-refractivity contribution is 5.24. The van der Waals surface area contributed by atoms with E-state index in [0.717, 1.165) is 12.5 Å². The molecule has 0 amide bonds. The van der Waals surface area contributed by atoms with Crippen LogP contribution in [0.15, 0.2) is 24.3 Å². The number of hydrogen-bond acceptors (Lipinski definition) is 2. The quantitative estimate of drug-likeness (QED) is 0.738. The fourth-order valence-electron chi connectivity index (χ4n) is 3.16. The summed E-state index contributed by atoms with van der Waals surface area (Å²) < 4.78 is 0. The number of nitrogens with zero attached hydrogens (tertiary/aromatic N) is 2. The summed E-state index contributed by atoms with van der Waals surface area (Å²) in [6, 6.07) is 9.21. The largest absolute Gasteiger partial charge is 0.301 e. The van der Waals surface area contributed by atoms with Gasteiger partial charge in [0.2, 0.25) is 0 Å². The summed E-state index contributed by atoms with van der Waals surface area (Å²) in [6.07, 6.45) is 2.72. The van der Waals surface area contributed by atoms with E-state index >= 15 is 0 Å². The van der Waals surface area contributed by atoms with Crippen molar-refractivity contribution in [3.05, 3.63) is 35.4 Å². The van der Waals surface area contributed by atoms with Crippen molar-refractivity contribution >= 4 is 0 Å². The van der Waals surface area contributed by atoms with Crippen LogP contribution in [0.3, 0.4) is 0 Å². The summed E-state index contributed by atoms with van der Waals surface area (Å²) in [5.41, 5.74) is 2.90. The van der Waals surface area contributed by atoms with Gasteiger partial charge in [0.25, 0.3) is 0 Å². The molecular weight excluding hydrogens is 268 g/mol. The highest BCUT2D eigenvalue weighted by Gasteiger charge is 2.16. The smallest absolute Gasteiger partial charge is 0.0234 e. The van der Waals surface area contributed by atoms with Crippen molar-refractivity contribution in [1.82, 2.24) is 9.80 Å². The molecule has 0 aromatic heterocycles. The van der Waals surface area contributed by atoms with Crippen LogP contribution in [-0.2, 0) is 6.54 Å². The van der Waals surface area contributed by atoms with Gasteiger partial charge in [-0.05, 0) is 42.3 Å². The molecule has 2 nitrogen and oxygen atoms in total. The van der Waals surface area contributed by atoms with Gasteiger partial charge in [-0.1, -0.05) is 52.0 Å². The predicted octanol–water partition coefficient (Wildman–Crippen LogP) is 4.36. The van der Waals surface area contributed by atoms with Crippen LogP contribution in [0.1, 0.15) is 57.6 Å². The summed E-state index contributed by atoms with van der Waals surface area (Å²) in [5, 5.41) is 0. The molecule has 1 saturated heterocycles. The third-order valence-electron chi connectivity index (χ3n) is 4.77. The molecule has 0 spiro atoms. The monoisotopic (exact) mass is 302 g/mol. The van der Waals surface area contributed by atoms with Gasteiger partial charge in [-0.2, -0.15) is 0 Å². The lowest BCUT2D eigenvalue weighted by Crippen LogP contribution is -2.46. The average molecular weight is 303 g/mol. The summed E-state index contributed by atoms with van der Waals surface area (Å²) in [6.45, 7) is 16.5. The Morgan fingerprint density at radius 3 is 2.00 bits per heavy atom. The Bertz CT molecular complexity index is 414. The molecule has 2 rings (SSSR count). The molecular formula is C20H34N2. The van der Waals surface area contributed by atoms with Gasteiger partial charge < -0.3 is 4.90 Å². The van der Waals surface area contributed by atoms with Gasteiger partial charge in [-0.15, -0.1) is 0 Å². The van der Waals surface area contributed by atoms with E-state index in [0.29, 0.717) is 5.92 Å². The molecule has 1 aliphatic heterocycles. The summed E-state index contributed by atoms with van der Waals surface area (Å²) in [4.78, 5) is 5.24. The second kappa shape index (κ2) is 8.69. The molecule has 124 valence electrons. The normalized spacial score (nSPS) is 17.5. The Balaban J connectivity index is 1.70. The average Bonchev–Trinajstić information content (AvgIpc) is 2.49. The minimum Gasteiger partial charge on any atom is -0.301 e. The first-order valence-corrected chi connectivity index (χ1v) is 9.08. The molecule has 2 heteroatoms. The van der Waals surface area contributed by atoms with Crippen LogP contribution in [0.2, 0.25) is 0 Å². The second-order valence-electron chi connectivity index (χ2n) is 7.55. The number of hydrogen-bond donors (Lipinski definition) is 0. The zero-order chi connectivity index (χ0) is 15.9. The lowest BCUT2D eigenvalue weighted by atomic mass is 10.0. The summed E-state index contributed by atoms with van der Waals surface area (Å²) in [7, 11) is 0. The third kappa shape index (κ3) is 5.73. The Labute approximate surface area is 137 Å². The molecule has 22 heavy (non-hydrogen) atoms. The fraction of sp³-hybridized carbons (Fsp3) is 0.700. The van der Waals surface area contributed by atoms with Crippen molar-refractivity contribution in [3.63, 3.8) is 0 Å². The van der Waals surface area contributed by atoms with Gasteiger partial charge in [0.05, 0.1) is 0 Å². The first-order chi connectivity index (χ1) is 10.5. The topological polar surface area (TPSA) is 6.48 Å². The first kappa shape index (κ1) is 17.5. The Kier molecular flexibility index (Phi) is 6.91.